The number of thiazole rings is 1. The summed E-state index contributed by atoms with van der Waals surface area (Å²) in [6.07, 6.45) is -4.64. The highest BCUT2D eigenvalue weighted by molar-refractivity contribution is 7.20. The molecule has 1 saturated heterocycles. The quantitative estimate of drug-likeness (QED) is 0.855. The number of hydrogen-bond donors (Lipinski definition) is 0. The summed E-state index contributed by atoms with van der Waals surface area (Å²) < 4.78 is 44.6. The second-order valence-corrected chi connectivity index (χ2v) is 5.79. The Balaban J connectivity index is 1.81. The fraction of sp³-hybridized carbons (Fsp3) is 0.385. The number of benzene rings is 1. The summed E-state index contributed by atoms with van der Waals surface area (Å²) in [6, 6.07) is 3.94. The van der Waals surface area contributed by atoms with Crippen molar-refractivity contribution in [2.24, 2.45) is 0 Å². The molecule has 112 valence electrons. The molecule has 1 aliphatic rings. The first-order valence-corrected chi connectivity index (χ1v) is 7.05. The Hall–Kier alpha value is -1.83. The molecule has 0 unspecified atom stereocenters. The van der Waals surface area contributed by atoms with E-state index in [1.54, 1.807) is 11.0 Å². The fourth-order valence-electron chi connectivity index (χ4n) is 2.12. The number of likely N-dealkylation sites (tertiary alicyclic amines) is 1. The third-order valence-electron chi connectivity index (χ3n) is 3.27. The SMILES string of the molecule is CC(=O)N1CC(Oc2nc3c(C(F)(F)F)cccc3s2)C1. The third kappa shape index (κ3) is 2.67. The lowest BCUT2D eigenvalue weighted by Gasteiger charge is -2.37. The summed E-state index contributed by atoms with van der Waals surface area (Å²) >= 11 is 1.08. The predicted molar refractivity (Wildman–Crippen MR) is 71.3 cm³/mol. The van der Waals surface area contributed by atoms with Crippen LogP contribution >= 0.6 is 11.3 Å². The lowest BCUT2D eigenvalue weighted by Crippen LogP contribution is -2.55. The summed E-state index contributed by atoms with van der Waals surface area (Å²) in [6.45, 7) is 2.35. The van der Waals surface area contributed by atoms with Crippen LogP contribution in [0.3, 0.4) is 0 Å². The highest BCUT2D eigenvalue weighted by Crippen LogP contribution is 2.38. The number of ether oxygens (including phenoxy) is 1. The second kappa shape index (κ2) is 4.87. The molecule has 0 aliphatic carbocycles. The van der Waals surface area contributed by atoms with Crippen molar-refractivity contribution in [3.8, 4) is 5.19 Å². The van der Waals surface area contributed by atoms with Crippen molar-refractivity contribution in [1.82, 2.24) is 9.88 Å². The molecule has 1 amide bonds. The molecule has 0 atom stereocenters. The normalized spacial score (nSPS) is 16.1. The first kappa shape index (κ1) is 14.1. The lowest BCUT2D eigenvalue weighted by atomic mass is 10.2. The van der Waals surface area contributed by atoms with E-state index in [-0.39, 0.29) is 22.7 Å². The van der Waals surface area contributed by atoms with E-state index in [0.29, 0.717) is 17.8 Å². The predicted octanol–water partition coefficient (Wildman–Crippen LogP) is 2.92. The van der Waals surface area contributed by atoms with Crippen molar-refractivity contribution < 1.29 is 22.7 Å². The van der Waals surface area contributed by atoms with Crippen molar-refractivity contribution in [2.75, 3.05) is 13.1 Å². The zero-order valence-electron chi connectivity index (χ0n) is 11.0. The Morgan fingerprint density at radius 2 is 2.14 bits per heavy atom. The monoisotopic (exact) mass is 316 g/mol. The molecule has 21 heavy (non-hydrogen) atoms. The van der Waals surface area contributed by atoms with Crippen LogP contribution in [0.25, 0.3) is 10.2 Å². The average Bonchev–Trinajstić information content (AvgIpc) is 2.73. The maximum absolute atomic E-state index is 12.9. The van der Waals surface area contributed by atoms with Gasteiger partial charge < -0.3 is 9.64 Å². The van der Waals surface area contributed by atoms with Crippen LogP contribution in [-0.4, -0.2) is 35.0 Å². The number of nitrogens with zero attached hydrogens (tertiary/aromatic N) is 2. The molecular weight excluding hydrogens is 305 g/mol. The molecule has 1 aliphatic heterocycles. The van der Waals surface area contributed by atoms with Crippen molar-refractivity contribution in [3.63, 3.8) is 0 Å². The summed E-state index contributed by atoms with van der Waals surface area (Å²) in [5.74, 6) is -0.0430. The van der Waals surface area contributed by atoms with Crippen LogP contribution in [0.15, 0.2) is 18.2 Å². The van der Waals surface area contributed by atoms with Crippen molar-refractivity contribution in [2.45, 2.75) is 19.2 Å². The van der Waals surface area contributed by atoms with Gasteiger partial charge in [-0.1, -0.05) is 17.4 Å². The molecule has 0 N–H and O–H groups in total. The van der Waals surface area contributed by atoms with Gasteiger partial charge in [-0.3, -0.25) is 4.79 Å². The van der Waals surface area contributed by atoms with Crippen molar-refractivity contribution >= 4 is 27.5 Å². The molecular formula is C13H11F3N2O2S. The van der Waals surface area contributed by atoms with E-state index in [0.717, 1.165) is 17.4 Å². The van der Waals surface area contributed by atoms with Crippen LogP contribution in [0.4, 0.5) is 13.2 Å². The molecule has 2 heterocycles. The number of hydrogen-bond acceptors (Lipinski definition) is 4. The zero-order valence-corrected chi connectivity index (χ0v) is 11.8. The van der Waals surface area contributed by atoms with Gasteiger partial charge in [-0.25, -0.2) is 4.98 Å². The highest BCUT2D eigenvalue weighted by Gasteiger charge is 2.35. The van der Waals surface area contributed by atoms with Gasteiger partial charge in [0.05, 0.1) is 28.9 Å². The number of halogens is 3. The Kier molecular flexibility index (Phi) is 3.27. The van der Waals surface area contributed by atoms with Gasteiger partial charge >= 0.3 is 6.18 Å². The van der Waals surface area contributed by atoms with Crippen LogP contribution in [0.2, 0.25) is 0 Å². The Labute approximate surface area is 122 Å². The topological polar surface area (TPSA) is 42.4 Å². The number of alkyl halides is 3. The Morgan fingerprint density at radius 3 is 2.76 bits per heavy atom. The van der Waals surface area contributed by atoms with E-state index in [2.05, 4.69) is 4.98 Å². The number of carbonyl (C=O) groups is 1. The van der Waals surface area contributed by atoms with Crippen molar-refractivity contribution in [1.29, 1.82) is 0 Å². The van der Waals surface area contributed by atoms with Crippen LogP contribution in [-0.2, 0) is 11.0 Å². The van der Waals surface area contributed by atoms with Gasteiger partial charge in [0, 0.05) is 6.92 Å². The van der Waals surface area contributed by atoms with Gasteiger partial charge in [0.1, 0.15) is 6.10 Å². The molecule has 8 heteroatoms. The van der Waals surface area contributed by atoms with E-state index in [9.17, 15) is 18.0 Å². The van der Waals surface area contributed by atoms with E-state index in [1.807, 2.05) is 0 Å². The summed E-state index contributed by atoms with van der Waals surface area (Å²) in [7, 11) is 0. The first-order valence-electron chi connectivity index (χ1n) is 6.23. The summed E-state index contributed by atoms with van der Waals surface area (Å²) in [4.78, 5) is 16.6. The van der Waals surface area contributed by atoms with Crippen LogP contribution < -0.4 is 4.74 Å². The molecule has 0 radical (unpaired) electrons. The number of fused-ring (bicyclic) bond motifs is 1. The van der Waals surface area contributed by atoms with Crippen LogP contribution in [0.5, 0.6) is 5.19 Å². The molecule has 0 bridgehead atoms. The standard InChI is InChI=1S/C13H11F3N2O2S/c1-7(19)18-5-8(6-18)20-12-17-11-9(13(14,15)16)3-2-4-10(11)21-12/h2-4,8H,5-6H2,1H3. The van der Waals surface area contributed by atoms with Gasteiger partial charge in [0.2, 0.25) is 5.91 Å². The van der Waals surface area contributed by atoms with Crippen LogP contribution in [0, 0.1) is 0 Å². The third-order valence-corrected chi connectivity index (χ3v) is 4.18. The molecule has 0 saturated carbocycles. The summed E-state index contributed by atoms with van der Waals surface area (Å²) in [5, 5.41) is 0.204. The smallest absolute Gasteiger partial charge is 0.418 e. The van der Waals surface area contributed by atoms with Crippen molar-refractivity contribution in [3.05, 3.63) is 23.8 Å². The summed E-state index contributed by atoms with van der Waals surface area (Å²) in [5.41, 5.74) is -0.849. The van der Waals surface area contributed by atoms with Gasteiger partial charge in [-0.05, 0) is 12.1 Å². The largest absolute Gasteiger partial charge is 0.463 e. The maximum atomic E-state index is 12.9. The molecule has 2 aromatic rings. The molecule has 1 aromatic carbocycles. The van der Waals surface area contributed by atoms with E-state index >= 15 is 0 Å². The van der Waals surface area contributed by atoms with E-state index in [4.69, 9.17) is 4.74 Å². The number of aromatic nitrogens is 1. The minimum Gasteiger partial charge on any atom is -0.463 e. The van der Waals surface area contributed by atoms with Gasteiger partial charge in [-0.15, -0.1) is 0 Å². The minimum absolute atomic E-state index is 0.0430. The zero-order chi connectivity index (χ0) is 15.2. The lowest BCUT2D eigenvalue weighted by molar-refractivity contribution is -0.138. The Morgan fingerprint density at radius 1 is 1.43 bits per heavy atom. The highest BCUT2D eigenvalue weighted by atomic mass is 32.1. The molecule has 1 fully saturated rings. The van der Waals surface area contributed by atoms with Crippen LogP contribution in [0.1, 0.15) is 12.5 Å². The minimum atomic E-state index is -4.44. The number of amides is 1. The number of rotatable bonds is 2. The fourth-order valence-corrected chi connectivity index (χ4v) is 3.03. The number of para-hydroxylation sites is 1. The Bertz CT molecular complexity index is 692. The second-order valence-electron chi connectivity index (χ2n) is 4.79. The molecule has 3 rings (SSSR count). The van der Waals surface area contributed by atoms with E-state index < -0.39 is 11.7 Å². The maximum Gasteiger partial charge on any atom is 0.418 e. The molecule has 1 aromatic heterocycles. The number of carbonyl (C=O) groups excluding carboxylic acids is 1. The van der Waals surface area contributed by atoms with Gasteiger partial charge in [0.15, 0.2) is 0 Å². The van der Waals surface area contributed by atoms with Gasteiger partial charge in [-0.2, -0.15) is 13.2 Å². The van der Waals surface area contributed by atoms with Gasteiger partial charge in [0.25, 0.3) is 5.19 Å². The first-order chi connectivity index (χ1) is 9.84. The molecule has 4 nitrogen and oxygen atoms in total. The molecule has 0 spiro atoms. The van der Waals surface area contributed by atoms with E-state index in [1.165, 1.54) is 13.0 Å². The average molecular weight is 316 g/mol.